The molecular weight excluding hydrogens is 169 g/mol. The van der Waals surface area contributed by atoms with E-state index in [1.54, 1.807) is 0 Å². The summed E-state index contributed by atoms with van der Waals surface area (Å²) in [5, 5.41) is 0. The summed E-state index contributed by atoms with van der Waals surface area (Å²) in [4.78, 5) is 0. The van der Waals surface area contributed by atoms with Crippen LogP contribution in [0.3, 0.4) is 0 Å². The van der Waals surface area contributed by atoms with Crippen molar-refractivity contribution in [3.8, 4) is 0 Å². The fourth-order valence-electron chi connectivity index (χ4n) is 0.691. The van der Waals surface area contributed by atoms with Crippen LogP contribution >= 0.6 is 0 Å². The van der Waals surface area contributed by atoms with E-state index < -0.39 is 34.2 Å². The fraction of sp³-hybridized carbons (Fsp3) is 1.00. The van der Waals surface area contributed by atoms with Crippen molar-refractivity contribution < 1.29 is 21.1 Å². The highest BCUT2D eigenvalue weighted by Crippen LogP contribution is 2.49. The minimum absolute atomic E-state index is 0.504. The third-order valence-electron chi connectivity index (χ3n) is 1.36. The highest BCUT2D eigenvalue weighted by molar-refractivity contribution is 7.86. The zero-order valence-electron chi connectivity index (χ0n) is 4.85. The molecule has 6 heteroatoms. The van der Waals surface area contributed by atoms with Crippen LogP contribution in [0.4, 0.5) is 12.7 Å². The molecule has 1 atom stereocenters. The molecule has 0 bridgehead atoms. The Bertz CT molecular complexity index is 233. The zero-order valence-corrected chi connectivity index (χ0v) is 5.67. The Balaban J connectivity index is 2.46. The first-order chi connectivity index (χ1) is 4.31. The maximum absolute atomic E-state index is 11.9. The predicted molar refractivity (Wildman–Crippen MR) is 27.9 cm³/mol. The molecule has 1 fully saturated rings. The van der Waals surface area contributed by atoms with Crippen molar-refractivity contribution in [2.45, 2.75) is 12.3 Å². The number of alkyl halides is 2. The Labute approximate surface area is 56.2 Å². The van der Waals surface area contributed by atoms with Crippen LogP contribution in [-0.4, -0.2) is 20.1 Å². The van der Waals surface area contributed by atoms with Gasteiger partial charge in [0.25, 0.3) is 5.92 Å². The summed E-state index contributed by atoms with van der Waals surface area (Å²) in [5.74, 6) is -5.28. The van der Waals surface area contributed by atoms with Gasteiger partial charge >= 0.3 is 10.2 Å². The van der Waals surface area contributed by atoms with E-state index in [1.165, 1.54) is 0 Å². The van der Waals surface area contributed by atoms with Crippen molar-refractivity contribution in [1.82, 2.24) is 0 Å². The summed E-state index contributed by atoms with van der Waals surface area (Å²) < 4.78 is 55.0. The molecule has 0 amide bonds. The summed E-state index contributed by atoms with van der Waals surface area (Å²) in [7, 11) is -4.71. The topological polar surface area (TPSA) is 34.1 Å². The molecule has 0 heterocycles. The fourth-order valence-corrected chi connectivity index (χ4v) is 1.53. The summed E-state index contributed by atoms with van der Waals surface area (Å²) in [5.41, 5.74) is 0. The molecule has 0 aliphatic heterocycles. The molecule has 0 N–H and O–H groups in total. The molecule has 0 aromatic carbocycles. The van der Waals surface area contributed by atoms with Crippen LogP contribution in [0.1, 0.15) is 6.42 Å². The third-order valence-corrected chi connectivity index (χ3v) is 2.16. The van der Waals surface area contributed by atoms with Gasteiger partial charge in [0, 0.05) is 12.3 Å². The lowest BCUT2D eigenvalue weighted by molar-refractivity contribution is 0.103. The van der Waals surface area contributed by atoms with E-state index in [2.05, 4.69) is 0 Å². The molecule has 1 unspecified atom stereocenters. The second-order valence-corrected chi connectivity index (χ2v) is 3.78. The smallest absolute Gasteiger partial charge is 0.207 e. The lowest BCUT2D eigenvalue weighted by atomic mass is 10.5. The Morgan fingerprint density at radius 3 is 2.00 bits per heavy atom. The highest BCUT2D eigenvalue weighted by Gasteiger charge is 2.58. The van der Waals surface area contributed by atoms with Crippen LogP contribution < -0.4 is 0 Å². The van der Waals surface area contributed by atoms with Gasteiger partial charge in [-0.3, -0.25) is 0 Å². The van der Waals surface area contributed by atoms with Gasteiger partial charge in [0.05, 0.1) is 5.75 Å². The third kappa shape index (κ3) is 1.86. The van der Waals surface area contributed by atoms with E-state index in [0.717, 1.165) is 0 Å². The summed E-state index contributed by atoms with van der Waals surface area (Å²) >= 11 is 0. The van der Waals surface area contributed by atoms with Gasteiger partial charge in [-0.25, -0.2) is 8.78 Å². The maximum Gasteiger partial charge on any atom is 0.302 e. The second kappa shape index (κ2) is 1.87. The van der Waals surface area contributed by atoms with Gasteiger partial charge < -0.3 is 0 Å². The highest BCUT2D eigenvalue weighted by atomic mass is 32.3. The van der Waals surface area contributed by atoms with E-state index in [0.29, 0.717) is 0 Å². The first kappa shape index (κ1) is 7.84. The normalized spacial score (nSPS) is 30.1. The molecule has 0 radical (unpaired) electrons. The van der Waals surface area contributed by atoms with Crippen LogP contribution in [-0.2, 0) is 10.2 Å². The molecule has 0 aromatic rings. The lowest BCUT2D eigenvalue weighted by Crippen LogP contribution is -2.05. The van der Waals surface area contributed by atoms with Gasteiger partial charge in [-0.2, -0.15) is 8.42 Å². The standard InChI is InChI=1S/C4H5F3O2S/c5-4(6)1-3(4)2-10(7,8)9/h3H,1-2H2. The summed E-state index contributed by atoms with van der Waals surface area (Å²) in [6.07, 6.45) is -0.504. The maximum atomic E-state index is 11.9. The quantitative estimate of drug-likeness (QED) is 0.584. The Morgan fingerprint density at radius 2 is 1.90 bits per heavy atom. The van der Waals surface area contributed by atoms with E-state index in [9.17, 15) is 21.1 Å². The molecule has 10 heavy (non-hydrogen) atoms. The average Bonchev–Trinajstić information content (AvgIpc) is 2.05. The molecule has 1 aliphatic rings. The van der Waals surface area contributed by atoms with Gasteiger partial charge in [0.1, 0.15) is 0 Å². The molecule has 1 saturated carbocycles. The molecule has 0 aromatic heterocycles. The minimum atomic E-state index is -4.71. The lowest BCUT2D eigenvalue weighted by Gasteiger charge is -1.91. The van der Waals surface area contributed by atoms with Gasteiger partial charge in [-0.15, -0.1) is 3.89 Å². The predicted octanol–water partition coefficient (Wildman–Crippen LogP) is 0.941. The molecule has 1 aliphatic carbocycles. The van der Waals surface area contributed by atoms with Crippen LogP contribution in [0.15, 0.2) is 0 Å². The van der Waals surface area contributed by atoms with E-state index in [1.807, 2.05) is 0 Å². The summed E-state index contributed by atoms with van der Waals surface area (Å²) in [6, 6.07) is 0. The average molecular weight is 174 g/mol. The minimum Gasteiger partial charge on any atom is -0.207 e. The molecule has 60 valence electrons. The van der Waals surface area contributed by atoms with E-state index in [4.69, 9.17) is 0 Å². The van der Waals surface area contributed by atoms with Gasteiger partial charge in [-0.1, -0.05) is 0 Å². The molecule has 0 spiro atoms. The van der Waals surface area contributed by atoms with Crippen LogP contribution in [0.2, 0.25) is 0 Å². The van der Waals surface area contributed by atoms with Crippen molar-refractivity contribution in [2.24, 2.45) is 5.92 Å². The van der Waals surface area contributed by atoms with Crippen molar-refractivity contribution in [3.63, 3.8) is 0 Å². The van der Waals surface area contributed by atoms with Crippen LogP contribution in [0, 0.1) is 5.92 Å². The van der Waals surface area contributed by atoms with Crippen molar-refractivity contribution in [3.05, 3.63) is 0 Å². The Morgan fingerprint density at radius 1 is 1.50 bits per heavy atom. The van der Waals surface area contributed by atoms with Crippen molar-refractivity contribution >= 4 is 10.2 Å². The number of rotatable bonds is 2. The molecule has 1 rings (SSSR count). The second-order valence-electron chi connectivity index (χ2n) is 2.37. The Kier molecular flexibility index (Phi) is 1.47. The molecule has 2 nitrogen and oxygen atoms in total. The zero-order chi connectivity index (χ0) is 7.99. The van der Waals surface area contributed by atoms with Crippen molar-refractivity contribution in [1.29, 1.82) is 0 Å². The van der Waals surface area contributed by atoms with E-state index >= 15 is 0 Å². The van der Waals surface area contributed by atoms with Gasteiger partial charge in [-0.05, 0) is 0 Å². The van der Waals surface area contributed by atoms with Crippen LogP contribution in [0.25, 0.3) is 0 Å². The number of hydrogen-bond acceptors (Lipinski definition) is 2. The van der Waals surface area contributed by atoms with Crippen LogP contribution in [0.5, 0.6) is 0 Å². The molecule has 0 saturated heterocycles. The first-order valence-corrected chi connectivity index (χ1v) is 4.17. The van der Waals surface area contributed by atoms with Gasteiger partial charge in [0.15, 0.2) is 0 Å². The van der Waals surface area contributed by atoms with Crippen molar-refractivity contribution in [2.75, 3.05) is 5.75 Å². The number of hydrogen-bond donors (Lipinski definition) is 0. The largest absolute Gasteiger partial charge is 0.302 e. The summed E-state index contributed by atoms with van der Waals surface area (Å²) in [6.45, 7) is 0. The Hall–Kier alpha value is -0.260. The molecular formula is C4H5F3O2S. The first-order valence-electron chi connectivity index (χ1n) is 2.61. The number of halogens is 3. The van der Waals surface area contributed by atoms with Gasteiger partial charge in [0.2, 0.25) is 0 Å². The SMILES string of the molecule is O=S(=O)(F)CC1CC1(F)F. The van der Waals surface area contributed by atoms with E-state index in [-0.39, 0.29) is 0 Å². The monoisotopic (exact) mass is 174 g/mol.